The molecular formula is C22H23N3O3. The smallest absolute Gasteiger partial charge is 0.167 e. The third kappa shape index (κ3) is 4.33. The van der Waals surface area contributed by atoms with Crippen molar-refractivity contribution in [3.63, 3.8) is 0 Å². The van der Waals surface area contributed by atoms with Crippen molar-refractivity contribution >= 4 is 22.6 Å². The summed E-state index contributed by atoms with van der Waals surface area (Å²) in [7, 11) is 0. The number of allylic oxidation sites excluding steroid dienone is 1. The summed E-state index contributed by atoms with van der Waals surface area (Å²) < 4.78 is 11.2. The number of aromatic nitrogens is 1. The van der Waals surface area contributed by atoms with E-state index in [-0.39, 0.29) is 5.75 Å². The van der Waals surface area contributed by atoms with Crippen LogP contribution >= 0.6 is 0 Å². The normalized spacial score (nSPS) is 11.7. The zero-order chi connectivity index (χ0) is 19.9. The van der Waals surface area contributed by atoms with Crippen LogP contribution in [-0.2, 0) is 0 Å². The molecule has 0 fully saturated rings. The van der Waals surface area contributed by atoms with Gasteiger partial charge in [0.1, 0.15) is 29.9 Å². The summed E-state index contributed by atoms with van der Waals surface area (Å²) in [6, 6.07) is 14.4. The number of fused-ring (bicyclic) bond motifs is 1. The molecule has 3 rings (SSSR count). The summed E-state index contributed by atoms with van der Waals surface area (Å²) in [6.45, 7) is 7.61. The summed E-state index contributed by atoms with van der Waals surface area (Å²) in [5.41, 5.74) is 2.03. The molecule has 0 spiro atoms. The predicted molar refractivity (Wildman–Crippen MR) is 109 cm³/mol. The Morgan fingerprint density at radius 3 is 2.79 bits per heavy atom. The van der Waals surface area contributed by atoms with Crippen LogP contribution in [-0.4, -0.2) is 41.4 Å². The van der Waals surface area contributed by atoms with Gasteiger partial charge in [0.05, 0.1) is 11.0 Å². The highest BCUT2D eigenvalue weighted by Gasteiger charge is 2.14. The predicted octanol–water partition coefficient (Wildman–Crippen LogP) is 4.32. The third-order valence-corrected chi connectivity index (χ3v) is 4.61. The minimum absolute atomic E-state index is 0.0920. The Kier molecular flexibility index (Phi) is 6.30. The van der Waals surface area contributed by atoms with E-state index in [0.29, 0.717) is 34.6 Å². The summed E-state index contributed by atoms with van der Waals surface area (Å²) in [5, 5.41) is 24.0. The molecule has 0 radical (unpaired) electrons. The first-order chi connectivity index (χ1) is 13.7. The molecule has 3 aromatic rings. The molecule has 28 heavy (non-hydrogen) atoms. The third-order valence-electron chi connectivity index (χ3n) is 4.61. The molecule has 0 amide bonds. The zero-order valence-corrected chi connectivity index (χ0v) is 16.1. The van der Waals surface area contributed by atoms with Crippen LogP contribution in [0.5, 0.6) is 11.5 Å². The van der Waals surface area contributed by atoms with Crippen molar-refractivity contribution < 1.29 is 14.4 Å². The number of ether oxygens (including phenoxy) is 1. The van der Waals surface area contributed by atoms with Crippen molar-refractivity contribution in [3.8, 4) is 17.6 Å². The topological polar surface area (TPSA) is 82.5 Å². The molecule has 0 unspecified atom stereocenters. The molecular weight excluding hydrogens is 354 g/mol. The van der Waals surface area contributed by atoms with Crippen molar-refractivity contribution in [2.75, 3.05) is 26.2 Å². The standard InChI is InChI=1S/C22H23N3O3/c1-3-25(4-2)11-12-27-20-8-6-5-7-16(20)13-17(15-23)22-19-14-18(26)9-10-21(19)28-24-22/h5-10,13-14,26H,3-4,11-12H2,1-2H3/b17-13+. The Morgan fingerprint density at radius 2 is 2.04 bits per heavy atom. The van der Waals surface area contributed by atoms with E-state index in [2.05, 4.69) is 30.0 Å². The first kappa shape index (κ1) is 19.5. The second kappa shape index (κ2) is 9.07. The number of aromatic hydroxyl groups is 1. The maximum atomic E-state index is 9.75. The van der Waals surface area contributed by atoms with Crippen molar-refractivity contribution in [2.24, 2.45) is 0 Å². The van der Waals surface area contributed by atoms with Crippen LogP contribution in [0.1, 0.15) is 25.1 Å². The molecule has 144 valence electrons. The summed E-state index contributed by atoms with van der Waals surface area (Å²) in [6.07, 6.45) is 1.73. The minimum Gasteiger partial charge on any atom is -0.508 e. The van der Waals surface area contributed by atoms with E-state index in [9.17, 15) is 10.4 Å². The molecule has 6 heteroatoms. The lowest BCUT2D eigenvalue weighted by Gasteiger charge is -2.18. The van der Waals surface area contributed by atoms with Gasteiger partial charge >= 0.3 is 0 Å². The van der Waals surface area contributed by atoms with Gasteiger partial charge in [0.2, 0.25) is 0 Å². The lowest BCUT2D eigenvalue weighted by molar-refractivity contribution is 0.222. The number of phenols is 1. The van der Waals surface area contributed by atoms with Gasteiger partial charge in [-0.1, -0.05) is 37.2 Å². The monoisotopic (exact) mass is 377 g/mol. The van der Waals surface area contributed by atoms with Gasteiger partial charge in [-0.2, -0.15) is 5.26 Å². The van der Waals surface area contributed by atoms with Gasteiger partial charge in [0.25, 0.3) is 0 Å². The number of hydrogen-bond donors (Lipinski definition) is 1. The second-order valence-corrected chi connectivity index (χ2v) is 6.29. The Hall–Kier alpha value is -3.30. The molecule has 0 aliphatic rings. The van der Waals surface area contributed by atoms with E-state index in [0.717, 1.165) is 25.2 Å². The molecule has 0 atom stereocenters. The van der Waals surface area contributed by atoms with E-state index in [4.69, 9.17) is 9.26 Å². The number of benzene rings is 2. The maximum absolute atomic E-state index is 9.75. The van der Waals surface area contributed by atoms with E-state index in [1.54, 1.807) is 18.2 Å². The van der Waals surface area contributed by atoms with Crippen LogP contribution in [0.3, 0.4) is 0 Å². The van der Waals surface area contributed by atoms with Crippen LogP contribution in [0.15, 0.2) is 47.0 Å². The van der Waals surface area contributed by atoms with Crippen molar-refractivity contribution in [2.45, 2.75) is 13.8 Å². The van der Waals surface area contributed by atoms with Gasteiger partial charge in [-0.15, -0.1) is 0 Å². The zero-order valence-electron chi connectivity index (χ0n) is 16.1. The van der Waals surface area contributed by atoms with E-state index < -0.39 is 0 Å². The number of rotatable bonds is 8. The molecule has 1 heterocycles. The summed E-state index contributed by atoms with van der Waals surface area (Å²) >= 11 is 0. The number of hydrogen-bond acceptors (Lipinski definition) is 6. The van der Waals surface area contributed by atoms with E-state index >= 15 is 0 Å². The molecule has 0 aliphatic carbocycles. The first-order valence-corrected chi connectivity index (χ1v) is 9.31. The Morgan fingerprint density at radius 1 is 1.25 bits per heavy atom. The van der Waals surface area contributed by atoms with Crippen LogP contribution < -0.4 is 4.74 Å². The Labute approximate surface area is 164 Å². The number of phenolic OH excluding ortho intramolecular Hbond substituents is 1. The summed E-state index contributed by atoms with van der Waals surface area (Å²) in [4.78, 5) is 2.28. The molecule has 0 saturated carbocycles. The van der Waals surface area contributed by atoms with E-state index in [1.807, 2.05) is 24.3 Å². The van der Waals surface area contributed by atoms with Crippen LogP contribution in [0.2, 0.25) is 0 Å². The number of para-hydroxylation sites is 1. The molecule has 0 aliphatic heterocycles. The minimum atomic E-state index is 0.0920. The van der Waals surface area contributed by atoms with Gasteiger partial charge in [-0.3, -0.25) is 0 Å². The fraction of sp³-hybridized carbons (Fsp3) is 0.273. The largest absolute Gasteiger partial charge is 0.508 e. The highest BCUT2D eigenvalue weighted by atomic mass is 16.5. The first-order valence-electron chi connectivity index (χ1n) is 9.31. The van der Waals surface area contributed by atoms with Crippen molar-refractivity contribution in [1.29, 1.82) is 5.26 Å². The molecule has 1 N–H and O–H groups in total. The van der Waals surface area contributed by atoms with Crippen LogP contribution in [0, 0.1) is 11.3 Å². The van der Waals surface area contributed by atoms with Gasteiger partial charge in [-0.25, -0.2) is 0 Å². The Balaban J connectivity index is 1.89. The quantitative estimate of drug-likeness (QED) is 0.589. The van der Waals surface area contributed by atoms with Gasteiger partial charge in [-0.05, 0) is 43.4 Å². The molecule has 1 aromatic heterocycles. The molecule has 0 bridgehead atoms. The van der Waals surface area contributed by atoms with Gasteiger partial charge in [0, 0.05) is 12.1 Å². The number of likely N-dealkylation sites (N-methyl/N-ethyl adjacent to an activating group) is 1. The second-order valence-electron chi connectivity index (χ2n) is 6.29. The molecule has 0 saturated heterocycles. The maximum Gasteiger partial charge on any atom is 0.167 e. The average molecular weight is 377 g/mol. The average Bonchev–Trinajstić information content (AvgIpc) is 3.13. The molecule has 6 nitrogen and oxygen atoms in total. The number of nitriles is 1. The summed E-state index contributed by atoms with van der Waals surface area (Å²) in [5.74, 6) is 0.799. The highest BCUT2D eigenvalue weighted by Crippen LogP contribution is 2.30. The Bertz CT molecular complexity index is 1010. The van der Waals surface area contributed by atoms with E-state index in [1.165, 1.54) is 6.07 Å². The van der Waals surface area contributed by atoms with Crippen molar-refractivity contribution in [1.82, 2.24) is 10.1 Å². The molecule has 2 aromatic carbocycles. The fourth-order valence-electron chi connectivity index (χ4n) is 2.99. The number of nitrogens with zero attached hydrogens (tertiary/aromatic N) is 3. The SMILES string of the molecule is CCN(CC)CCOc1ccccc1/C=C(\C#N)c1noc2ccc(O)cc12. The lowest BCUT2D eigenvalue weighted by Crippen LogP contribution is -2.27. The van der Waals surface area contributed by atoms with Crippen LogP contribution in [0.4, 0.5) is 0 Å². The highest BCUT2D eigenvalue weighted by molar-refractivity contribution is 5.99. The lowest BCUT2D eigenvalue weighted by atomic mass is 10.1. The van der Waals surface area contributed by atoms with Crippen LogP contribution in [0.25, 0.3) is 22.6 Å². The van der Waals surface area contributed by atoms with Gasteiger partial charge in [0.15, 0.2) is 5.58 Å². The van der Waals surface area contributed by atoms with Crippen molar-refractivity contribution in [3.05, 3.63) is 53.7 Å². The fourth-order valence-corrected chi connectivity index (χ4v) is 2.99. The van der Waals surface area contributed by atoms with Gasteiger partial charge < -0.3 is 19.3 Å².